The lowest BCUT2D eigenvalue weighted by Gasteiger charge is -2.40. The molecule has 1 fully saturated rings. The van der Waals surface area contributed by atoms with E-state index in [1.807, 2.05) is 72.6 Å². The van der Waals surface area contributed by atoms with Gasteiger partial charge in [0.05, 0.1) is 12.0 Å². The molecule has 1 saturated heterocycles. The Morgan fingerprint density at radius 2 is 1.65 bits per heavy atom. The third kappa shape index (κ3) is 13.6. The number of benzene rings is 2. The number of piperidine rings is 1. The molecule has 2 N–H and O–H groups in total. The van der Waals surface area contributed by atoms with E-state index in [9.17, 15) is 19.5 Å². The molecule has 2 aromatic carbocycles. The average Bonchev–Trinajstić information content (AvgIpc) is 3.70. The number of thiazole rings is 1. The molecule has 2 heterocycles. The van der Waals surface area contributed by atoms with E-state index in [2.05, 4.69) is 37.9 Å². The van der Waals surface area contributed by atoms with Crippen LogP contribution in [0.4, 0.5) is 0 Å². The maximum Gasteiger partial charge on any atom is 0.306 e. The zero-order chi connectivity index (χ0) is 41.5. The van der Waals surface area contributed by atoms with Crippen LogP contribution >= 0.6 is 11.3 Å². The zero-order valence-corrected chi connectivity index (χ0v) is 35.7. The highest BCUT2D eigenvalue weighted by Crippen LogP contribution is 2.34. The number of ether oxygens (including phenoxy) is 2. The van der Waals surface area contributed by atoms with Gasteiger partial charge in [-0.1, -0.05) is 108 Å². The molecule has 3 unspecified atom stereocenters. The van der Waals surface area contributed by atoms with Gasteiger partial charge in [0.2, 0.25) is 5.91 Å². The number of carboxylic acid groups (broad SMARTS) is 1. The smallest absolute Gasteiger partial charge is 0.306 e. The van der Waals surface area contributed by atoms with Gasteiger partial charge >= 0.3 is 5.97 Å². The predicted octanol–water partition coefficient (Wildman–Crippen LogP) is 7.81. The Kier molecular flexibility index (Phi) is 18.3. The van der Waals surface area contributed by atoms with Gasteiger partial charge in [-0.15, -0.1) is 11.3 Å². The van der Waals surface area contributed by atoms with Crippen molar-refractivity contribution in [3.8, 4) is 0 Å². The minimum Gasteiger partial charge on any atom is -0.481 e. The maximum atomic E-state index is 15.1. The number of hydrogen-bond acceptors (Lipinski definition) is 9. The standard InChI is InChI=1S/C45H64N4O7S/c1-8-31(4)36(25-40(50)38-21-15-16-22-48(38)6)44(52)49(27-34-19-13-10-14-20-34)39(30(2)3)26-41(56-29-55-7)43-47-37(28-57-43)42(51)46-35(23-32(5)45(53)54)24-33-17-11-9-12-18-33/h9-14,17-20,28,30-32,35-36,38-39,41H,8,15-16,21-27,29H2,1-7H3,(H,46,51)(H,53,54)/t31?,32-,35+,36?,38?,39+,41+/m0/s1. The molecular weight excluding hydrogens is 741 g/mol. The molecule has 0 bridgehead atoms. The second kappa shape index (κ2) is 22.8. The van der Waals surface area contributed by atoms with Crippen molar-refractivity contribution in [1.82, 2.24) is 20.1 Å². The number of nitrogens with zero attached hydrogens (tertiary/aromatic N) is 3. The van der Waals surface area contributed by atoms with E-state index < -0.39 is 35.9 Å². The van der Waals surface area contributed by atoms with Gasteiger partial charge in [-0.3, -0.25) is 24.1 Å². The highest BCUT2D eigenvalue weighted by Gasteiger charge is 2.39. The molecule has 7 atom stereocenters. The number of amides is 2. The molecule has 0 saturated carbocycles. The number of carboxylic acids is 1. The summed E-state index contributed by atoms with van der Waals surface area (Å²) in [7, 11) is 3.56. The number of hydrogen-bond donors (Lipinski definition) is 2. The molecule has 0 radical (unpaired) electrons. The summed E-state index contributed by atoms with van der Waals surface area (Å²) < 4.78 is 11.6. The maximum absolute atomic E-state index is 15.1. The molecule has 1 aromatic heterocycles. The van der Waals surface area contributed by atoms with Crippen molar-refractivity contribution in [3.05, 3.63) is 87.9 Å². The Balaban J connectivity index is 1.63. The average molecular weight is 805 g/mol. The normalized spacial score (nSPS) is 17.9. The van der Waals surface area contributed by atoms with Gasteiger partial charge in [-0.25, -0.2) is 4.98 Å². The van der Waals surface area contributed by atoms with Gasteiger partial charge in [0, 0.05) is 49.9 Å². The third-order valence-electron chi connectivity index (χ3n) is 11.5. The highest BCUT2D eigenvalue weighted by molar-refractivity contribution is 7.09. The van der Waals surface area contributed by atoms with Crippen molar-refractivity contribution < 1.29 is 33.8 Å². The van der Waals surface area contributed by atoms with Gasteiger partial charge in [-0.2, -0.15) is 0 Å². The number of likely N-dealkylation sites (tertiary alicyclic amines) is 1. The van der Waals surface area contributed by atoms with Crippen LogP contribution in [0.1, 0.15) is 112 Å². The number of nitrogens with one attached hydrogen (secondary N) is 1. The monoisotopic (exact) mass is 804 g/mol. The summed E-state index contributed by atoms with van der Waals surface area (Å²) >= 11 is 1.30. The second-order valence-corrected chi connectivity index (χ2v) is 17.0. The first-order valence-electron chi connectivity index (χ1n) is 20.5. The molecule has 1 aliphatic heterocycles. The lowest BCUT2D eigenvalue weighted by Crippen LogP contribution is -2.49. The van der Waals surface area contributed by atoms with Crippen LogP contribution < -0.4 is 5.32 Å². The quantitative estimate of drug-likeness (QED) is 0.0920. The summed E-state index contributed by atoms with van der Waals surface area (Å²) in [5.74, 6) is -2.37. The molecular formula is C45H64N4O7S. The van der Waals surface area contributed by atoms with Crippen molar-refractivity contribution in [2.45, 2.75) is 117 Å². The first kappa shape index (κ1) is 45.7. The molecule has 12 heteroatoms. The Morgan fingerprint density at radius 3 is 2.25 bits per heavy atom. The van der Waals surface area contributed by atoms with Gasteiger partial charge in [-0.05, 0) is 62.2 Å². The summed E-state index contributed by atoms with van der Waals surface area (Å²) in [6.07, 6.45) is 4.38. The lowest BCUT2D eigenvalue weighted by molar-refractivity contribution is -0.146. The Bertz CT molecular complexity index is 1700. The lowest BCUT2D eigenvalue weighted by atomic mass is 9.82. The molecule has 0 aliphatic carbocycles. The first-order valence-corrected chi connectivity index (χ1v) is 21.4. The first-order chi connectivity index (χ1) is 27.3. The van der Waals surface area contributed by atoms with Gasteiger partial charge in [0.1, 0.15) is 23.6 Å². The zero-order valence-electron chi connectivity index (χ0n) is 34.9. The Morgan fingerprint density at radius 1 is 0.982 bits per heavy atom. The van der Waals surface area contributed by atoms with Crippen LogP contribution in [0.2, 0.25) is 0 Å². The molecule has 312 valence electrons. The van der Waals surface area contributed by atoms with Crippen molar-refractivity contribution in [3.63, 3.8) is 0 Å². The summed E-state index contributed by atoms with van der Waals surface area (Å²) in [5.41, 5.74) is 2.19. The molecule has 11 nitrogen and oxygen atoms in total. The number of carbonyl (C=O) groups excluding carboxylic acids is 3. The molecule has 1 aliphatic rings. The van der Waals surface area contributed by atoms with Crippen LogP contribution in [0.15, 0.2) is 66.0 Å². The largest absolute Gasteiger partial charge is 0.481 e. The van der Waals surface area contributed by atoms with E-state index in [4.69, 9.17) is 14.5 Å². The fourth-order valence-electron chi connectivity index (χ4n) is 7.79. The van der Waals surface area contributed by atoms with Crippen LogP contribution in [-0.2, 0) is 36.8 Å². The predicted molar refractivity (Wildman–Crippen MR) is 224 cm³/mol. The molecule has 0 spiro atoms. The molecule has 3 aromatic rings. The van der Waals surface area contributed by atoms with E-state index >= 15 is 4.79 Å². The second-order valence-electron chi connectivity index (χ2n) is 16.1. The van der Waals surface area contributed by atoms with Crippen molar-refractivity contribution in [2.75, 3.05) is 27.5 Å². The van der Waals surface area contributed by atoms with Gasteiger partial charge in [0.15, 0.2) is 5.78 Å². The number of carbonyl (C=O) groups is 4. The minimum atomic E-state index is -0.921. The van der Waals surface area contributed by atoms with E-state index in [0.717, 1.165) is 43.4 Å². The molecule has 4 rings (SSSR count). The summed E-state index contributed by atoms with van der Waals surface area (Å²) in [5, 5.41) is 14.9. The van der Waals surface area contributed by atoms with Crippen LogP contribution in [-0.4, -0.2) is 89.1 Å². The number of Topliss-reactive ketones (excluding diaryl/α,β-unsaturated/α-hetero) is 1. The minimum absolute atomic E-state index is 0.00164. The van der Waals surface area contributed by atoms with Crippen LogP contribution in [0.3, 0.4) is 0 Å². The van der Waals surface area contributed by atoms with E-state index in [0.29, 0.717) is 24.4 Å². The van der Waals surface area contributed by atoms with E-state index in [-0.39, 0.29) is 60.9 Å². The molecule has 57 heavy (non-hydrogen) atoms. The number of rotatable bonds is 23. The SMILES string of the molecule is CCC(C)C(CC(=O)C1CCCCN1C)C(=O)N(Cc1ccccc1)[C@H](C[C@@H](OCOC)c1nc(C(=O)N[C@@H](Cc2ccccc2)C[C@H](C)C(=O)O)cs1)C(C)C. The molecule has 2 amide bonds. The number of methoxy groups -OCH3 is 1. The van der Waals surface area contributed by atoms with Gasteiger partial charge < -0.3 is 24.8 Å². The van der Waals surface area contributed by atoms with Crippen LogP contribution in [0.5, 0.6) is 0 Å². The van der Waals surface area contributed by atoms with E-state index in [1.165, 1.54) is 11.3 Å². The van der Waals surface area contributed by atoms with E-state index in [1.54, 1.807) is 19.4 Å². The van der Waals surface area contributed by atoms with Crippen molar-refractivity contribution in [1.29, 1.82) is 0 Å². The summed E-state index contributed by atoms with van der Waals surface area (Å²) in [6.45, 7) is 11.2. The Hall–Kier alpha value is -3.97. The fourth-order valence-corrected chi connectivity index (χ4v) is 8.65. The number of ketones is 1. The highest BCUT2D eigenvalue weighted by atomic mass is 32.1. The number of likely N-dealkylation sites (N-methyl/N-ethyl adjacent to an activating group) is 1. The van der Waals surface area contributed by atoms with Crippen LogP contribution in [0, 0.1) is 23.7 Å². The Labute approximate surface area is 343 Å². The summed E-state index contributed by atoms with van der Waals surface area (Å²) in [6, 6.07) is 18.7. The van der Waals surface area contributed by atoms with Crippen LogP contribution in [0.25, 0.3) is 0 Å². The summed E-state index contributed by atoms with van der Waals surface area (Å²) in [4.78, 5) is 63.3. The third-order valence-corrected chi connectivity index (χ3v) is 12.4. The van der Waals surface area contributed by atoms with Crippen molar-refractivity contribution >= 4 is 34.9 Å². The van der Waals surface area contributed by atoms with Gasteiger partial charge in [0.25, 0.3) is 5.91 Å². The topological polar surface area (TPSA) is 138 Å². The van der Waals surface area contributed by atoms with Crippen molar-refractivity contribution in [2.24, 2.45) is 23.7 Å². The number of aromatic nitrogens is 1. The fraction of sp³-hybridized carbons (Fsp3) is 0.578. The number of aliphatic carboxylic acids is 1.